The highest BCUT2D eigenvalue weighted by molar-refractivity contribution is 5.76. The second kappa shape index (κ2) is 7.08. The summed E-state index contributed by atoms with van der Waals surface area (Å²) in [5.41, 5.74) is -0.851. The van der Waals surface area contributed by atoms with Gasteiger partial charge in [-0.05, 0) is 12.8 Å². The Hall–Kier alpha value is -2.64. The first-order valence-corrected chi connectivity index (χ1v) is 8.57. The van der Waals surface area contributed by atoms with E-state index in [9.17, 15) is 14.4 Å². The Balaban J connectivity index is 1.73. The van der Waals surface area contributed by atoms with Crippen LogP contribution in [0.3, 0.4) is 0 Å². The molecule has 1 amide bonds. The van der Waals surface area contributed by atoms with Crippen LogP contribution in [0.1, 0.15) is 31.6 Å². The summed E-state index contributed by atoms with van der Waals surface area (Å²) in [6, 6.07) is 1.51. The average molecular weight is 345 g/mol. The molecule has 0 bridgehead atoms. The Morgan fingerprint density at radius 1 is 1.32 bits per heavy atom. The molecule has 1 aliphatic rings. The normalized spacial score (nSPS) is 17.7. The number of hydrogen-bond acceptors (Lipinski definition) is 4. The van der Waals surface area contributed by atoms with Crippen molar-refractivity contribution in [2.24, 2.45) is 7.05 Å². The summed E-state index contributed by atoms with van der Waals surface area (Å²) in [6.07, 6.45) is 7.92. The molecule has 1 atom stereocenters. The molecular formula is C17H23N5O3. The van der Waals surface area contributed by atoms with Gasteiger partial charge in [-0.2, -0.15) is 0 Å². The monoisotopic (exact) mass is 345 g/mol. The lowest BCUT2D eigenvalue weighted by Crippen LogP contribution is -2.45. The van der Waals surface area contributed by atoms with Gasteiger partial charge in [0.1, 0.15) is 12.4 Å². The average Bonchev–Trinajstić information content (AvgIpc) is 3.11. The number of hydrogen-bond donors (Lipinski definition) is 0. The first-order valence-electron chi connectivity index (χ1n) is 8.57. The van der Waals surface area contributed by atoms with Gasteiger partial charge in [0.25, 0.3) is 5.56 Å². The highest BCUT2D eigenvalue weighted by atomic mass is 16.2. The summed E-state index contributed by atoms with van der Waals surface area (Å²) in [7, 11) is 1.41. The maximum Gasteiger partial charge on any atom is 0.331 e. The molecule has 0 aliphatic carbocycles. The van der Waals surface area contributed by atoms with Crippen LogP contribution in [0.25, 0.3) is 0 Å². The number of imidazole rings is 1. The van der Waals surface area contributed by atoms with E-state index in [0.29, 0.717) is 13.1 Å². The Morgan fingerprint density at radius 3 is 2.88 bits per heavy atom. The van der Waals surface area contributed by atoms with Gasteiger partial charge in [0, 0.05) is 51.2 Å². The minimum absolute atomic E-state index is 0.0514. The maximum atomic E-state index is 12.6. The Morgan fingerprint density at radius 2 is 2.12 bits per heavy atom. The van der Waals surface area contributed by atoms with Crippen LogP contribution in [0, 0.1) is 0 Å². The molecule has 1 aliphatic heterocycles. The van der Waals surface area contributed by atoms with Gasteiger partial charge in [-0.1, -0.05) is 6.92 Å². The molecule has 1 saturated heterocycles. The SMILES string of the molecule is CCc1nccn1[C@@H]1CCCN(C(=O)Cn2ccc(=O)n(C)c2=O)C1. The van der Waals surface area contributed by atoms with Crippen LogP contribution >= 0.6 is 0 Å². The number of aryl methyl sites for hydroxylation is 1. The number of piperidine rings is 1. The third kappa shape index (κ3) is 3.42. The number of amides is 1. The van der Waals surface area contributed by atoms with E-state index in [1.165, 1.54) is 23.9 Å². The summed E-state index contributed by atoms with van der Waals surface area (Å²) < 4.78 is 4.44. The third-order valence-electron chi connectivity index (χ3n) is 4.77. The molecule has 8 nitrogen and oxygen atoms in total. The molecule has 3 rings (SSSR count). The van der Waals surface area contributed by atoms with Crippen LogP contribution in [0.15, 0.2) is 34.2 Å². The molecule has 0 radical (unpaired) electrons. The number of nitrogens with zero attached hydrogens (tertiary/aromatic N) is 5. The van der Waals surface area contributed by atoms with Crippen LogP contribution in [-0.4, -0.2) is 42.6 Å². The lowest BCUT2D eigenvalue weighted by molar-refractivity contribution is -0.133. The number of likely N-dealkylation sites (tertiary alicyclic amines) is 1. The van der Waals surface area contributed by atoms with Gasteiger partial charge in [0.2, 0.25) is 5.91 Å². The molecule has 2 aromatic rings. The molecule has 0 saturated carbocycles. The van der Waals surface area contributed by atoms with E-state index in [-0.39, 0.29) is 24.1 Å². The Labute approximate surface area is 145 Å². The predicted octanol–water partition coefficient (Wildman–Crippen LogP) is 0.170. The molecule has 25 heavy (non-hydrogen) atoms. The van der Waals surface area contributed by atoms with Crippen molar-refractivity contribution < 1.29 is 4.79 Å². The zero-order valence-corrected chi connectivity index (χ0v) is 14.6. The lowest BCUT2D eigenvalue weighted by atomic mass is 10.1. The molecule has 0 unspecified atom stereocenters. The van der Waals surface area contributed by atoms with Gasteiger partial charge in [-0.25, -0.2) is 9.78 Å². The molecule has 134 valence electrons. The Kier molecular flexibility index (Phi) is 4.87. The van der Waals surface area contributed by atoms with E-state index in [2.05, 4.69) is 16.5 Å². The molecule has 1 fully saturated rings. The van der Waals surface area contributed by atoms with Gasteiger partial charge in [0.05, 0.1) is 6.04 Å². The van der Waals surface area contributed by atoms with Crippen LogP contribution in [0.2, 0.25) is 0 Å². The Bertz CT molecular complexity index is 879. The third-order valence-corrected chi connectivity index (χ3v) is 4.77. The standard InChI is InChI=1S/C17H23N5O3/c1-3-14-18-7-10-22(14)13-5-4-8-20(11-13)16(24)12-21-9-6-15(23)19(2)17(21)25/h6-7,9-10,13H,3-5,8,11-12H2,1-2H3/t13-/m1/s1. The number of rotatable bonds is 4. The molecule has 2 aromatic heterocycles. The molecule has 3 heterocycles. The zero-order valence-electron chi connectivity index (χ0n) is 14.6. The smallest absolute Gasteiger partial charge is 0.331 e. The van der Waals surface area contributed by atoms with Crippen molar-refractivity contribution in [1.29, 1.82) is 0 Å². The van der Waals surface area contributed by atoms with Gasteiger partial charge >= 0.3 is 5.69 Å². The predicted molar refractivity (Wildman–Crippen MR) is 92.4 cm³/mol. The van der Waals surface area contributed by atoms with Gasteiger partial charge in [0.15, 0.2) is 0 Å². The van der Waals surface area contributed by atoms with Crippen molar-refractivity contribution in [1.82, 2.24) is 23.6 Å². The molecule has 0 spiro atoms. The lowest BCUT2D eigenvalue weighted by Gasteiger charge is -2.34. The molecule has 0 N–H and O–H groups in total. The minimum atomic E-state index is -0.475. The first-order chi connectivity index (χ1) is 12.0. The largest absolute Gasteiger partial charge is 0.339 e. The fraction of sp³-hybridized carbons (Fsp3) is 0.529. The quantitative estimate of drug-likeness (QED) is 0.791. The van der Waals surface area contributed by atoms with Crippen molar-refractivity contribution in [2.75, 3.05) is 13.1 Å². The second-order valence-corrected chi connectivity index (χ2v) is 6.36. The summed E-state index contributed by atoms with van der Waals surface area (Å²) in [5.74, 6) is 0.914. The summed E-state index contributed by atoms with van der Waals surface area (Å²) in [6.45, 7) is 3.32. The summed E-state index contributed by atoms with van der Waals surface area (Å²) in [4.78, 5) is 42.3. The fourth-order valence-corrected chi connectivity index (χ4v) is 3.34. The van der Waals surface area contributed by atoms with Gasteiger partial charge in [-0.3, -0.25) is 18.7 Å². The number of carbonyl (C=O) groups is 1. The highest BCUT2D eigenvalue weighted by Gasteiger charge is 2.26. The van der Waals surface area contributed by atoms with Crippen molar-refractivity contribution in [3.63, 3.8) is 0 Å². The molecular weight excluding hydrogens is 322 g/mol. The van der Waals surface area contributed by atoms with Crippen LogP contribution in [0.4, 0.5) is 0 Å². The van der Waals surface area contributed by atoms with Gasteiger partial charge in [-0.15, -0.1) is 0 Å². The number of aromatic nitrogens is 4. The summed E-state index contributed by atoms with van der Waals surface area (Å²) in [5, 5.41) is 0. The molecule has 8 heteroatoms. The van der Waals surface area contributed by atoms with Crippen molar-refractivity contribution in [3.8, 4) is 0 Å². The van der Waals surface area contributed by atoms with E-state index in [1.54, 1.807) is 11.1 Å². The van der Waals surface area contributed by atoms with E-state index >= 15 is 0 Å². The van der Waals surface area contributed by atoms with Crippen LogP contribution < -0.4 is 11.2 Å². The highest BCUT2D eigenvalue weighted by Crippen LogP contribution is 2.23. The van der Waals surface area contributed by atoms with E-state index < -0.39 is 5.69 Å². The maximum absolute atomic E-state index is 12.6. The zero-order chi connectivity index (χ0) is 18.0. The topological polar surface area (TPSA) is 82.1 Å². The van der Waals surface area contributed by atoms with Crippen molar-refractivity contribution >= 4 is 5.91 Å². The van der Waals surface area contributed by atoms with Crippen LogP contribution in [-0.2, 0) is 24.8 Å². The van der Waals surface area contributed by atoms with Crippen molar-refractivity contribution in [3.05, 3.63) is 51.3 Å². The van der Waals surface area contributed by atoms with Gasteiger partial charge < -0.3 is 9.47 Å². The second-order valence-electron chi connectivity index (χ2n) is 6.36. The molecule has 0 aromatic carbocycles. The van der Waals surface area contributed by atoms with E-state index in [1.807, 2.05) is 6.20 Å². The first kappa shape index (κ1) is 17.2. The van der Waals surface area contributed by atoms with Crippen LogP contribution in [0.5, 0.6) is 0 Å². The van der Waals surface area contributed by atoms with E-state index in [0.717, 1.165) is 29.7 Å². The van der Waals surface area contributed by atoms with Crippen molar-refractivity contribution in [2.45, 2.75) is 38.8 Å². The summed E-state index contributed by atoms with van der Waals surface area (Å²) >= 11 is 0. The number of carbonyl (C=O) groups excluding carboxylic acids is 1. The fourth-order valence-electron chi connectivity index (χ4n) is 3.34. The van der Waals surface area contributed by atoms with E-state index in [4.69, 9.17) is 0 Å². The minimum Gasteiger partial charge on any atom is -0.339 e.